The van der Waals surface area contributed by atoms with Crippen LogP contribution < -0.4 is 19.7 Å². The Morgan fingerprint density at radius 3 is 2.90 bits per heavy atom. The van der Waals surface area contributed by atoms with Crippen molar-refractivity contribution in [2.75, 3.05) is 32.2 Å². The summed E-state index contributed by atoms with van der Waals surface area (Å²) < 4.78 is 10.7. The number of hydrogen-bond acceptors (Lipinski definition) is 5. The number of anilines is 1. The van der Waals surface area contributed by atoms with Crippen LogP contribution in [0.3, 0.4) is 0 Å². The number of piperidine rings is 1. The van der Waals surface area contributed by atoms with Crippen molar-refractivity contribution in [3.63, 3.8) is 0 Å². The number of methoxy groups -OCH3 is 2. The van der Waals surface area contributed by atoms with Crippen LogP contribution in [0.5, 0.6) is 11.5 Å². The molecule has 1 aromatic heterocycles. The molecule has 1 saturated heterocycles. The Morgan fingerprint density at radius 1 is 1.23 bits per heavy atom. The first-order chi connectivity index (χ1) is 14.6. The normalized spacial score (nSPS) is 16.5. The summed E-state index contributed by atoms with van der Waals surface area (Å²) in [5, 5.41) is 3.07. The molecule has 1 fully saturated rings. The van der Waals surface area contributed by atoms with E-state index in [9.17, 15) is 4.79 Å². The van der Waals surface area contributed by atoms with Gasteiger partial charge in [-0.25, -0.2) is 4.98 Å². The van der Waals surface area contributed by atoms with E-state index >= 15 is 0 Å². The maximum absolute atomic E-state index is 12.9. The van der Waals surface area contributed by atoms with Crippen molar-refractivity contribution in [3.05, 3.63) is 47.5 Å². The number of benzene rings is 2. The number of H-pyrrole nitrogens is 1. The summed E-state index contributed by atoms with van der Waals surface area (Å²) in [6.07, 6.45) is 1.83. The third-order valence-electron chi connectivity index (χ3n) is 5.66. The number of ether oxygens (including phenoxy) is 2. The Hall–Kier alpha value is -3.22. The van der Waals surface area contributed by atoms with Crippen LogP contribution in [0, 0.1) is 12.8 Å². The minimum Gasteiger partial charge on any atom is -0.497 e. The van der Waals surface area contributed by atoms with Crippen LogP contribution >= 0.6 is 0 Å². The van der Waals surface area contributed by atoms with Crippen molar-refractivity contribution in [2.24, 2.45) is 5.92 Å². The third-order valence-corrected chi connectivity index (χ3v) is 5.66. The largest absolute Gasteiger partial charge is 0.497 e. The molecule has 1 aliphatic rings. The van der Waals surface area contributed by atoms with E-state index in [-0.39, 0.29) is 11.8 Å². The number of amides is 1. The molecule has 2 N–H and O–H groups in total. The monoisotopic (exact) mass is 408 g/mol. The molecule has 2 heterocycles. The van der Waals surface area contributed by atoms with Crippen molar-refractivity contribution in [2.45, 2.75) is 26.3 Å². The minimum absolute atomic E-state index is 0.0523. The van der Waals surface area contributed by atoms with Crippen molar-refractivity contribution in [1.82, 2.24) is 15.3 Å². The topological polar surface area (TPSA) is 79.5 Å². The fraction of sp³-hybridized carbons (Fsp3) is 0.391. The van der Waals surface area contributed by atoms with Crippen molar-refractivity contribution in [3.8, 4) is 11.5 Å². The molecule has 0 radical (unpaired) electrons. The molecule has 7 heteroatoms. The fourth-order valence-corrected chi connectivity index (χ4v) is 3.99. The SMILES string of the molecule is COc1ccc(OC)c(CNC(=O)C2CCCN(c3nc4ccc(C)cc4[nH]3)C2)c1. The first-order valence-corrected chi connectivity index (χ1v) is 10.3. The van der Waals surface area contributed by atoms with Gasteiger partial charge in [-0.15, -0.1) is 0 Å². The van der Waals surface area contributed by atoms with Gasteiger partial charge < -0.3 is 24.7 Å². The van der Waals surface area contributed by atoms with E-state index in [2.05, 4.69) is 34.3 Å². The molecule has 3 aromatic rings. The van der Waals surface area contributed by atoms with Crippen molar-refractivity contribution >= 4 is 22.9 Å². The lowest BCUT2D eigenvalue weighted by molar-refractivity contribution is -0.125. The average Bonchev–Trinajstić information content (AvgIpc) is 3.20. The van der Waals surface area contributed by atoms with E-state index in [4.69, 9.17) is 14.5 Å². The molecule has 0 spiro atoms. The van der Waals surface area contributed by atoms with E-state index in [1.807, 2.05) is 24.3 Å². The van der Waals surface area contributed by atoms with Gasteiger partial charge in [0.15, 0.2) is 0 Å². The van der Waals surface area contributed by atoms with E-state index in [0.717, 1.165) is 53.4 Å². The molecule has 30 heavy (non-hydrogen) atoms. The zero-order chi connectivity index (χ0) is 21.1. The highest BCUT2D eigenvalue weighted by Gasteiger charge is 2.27. The number of hydrogen-bond donors (Lipinski definition) is 2. The molecule has 1 unspecified atom stereocenters. The second-order valence-electron chi connectivity index (χ2n) is 7.76. The molecule has 0 aliphatic carbocycles. The van der Waals surface area contributed by atoms with Gasteiger partial charge in [-0.3, -0.25) is 4.79 Å². The van der Waals surface area contributed by atoms with Crippen LogP contribution in [-0.2, 0) is 11.3 Å². The van der Waals surface area contributed by atoms with E-state index in [0.29, 0.717) is 13.1 Å². The third kappa shape index (κ3) is 4.20. The lowest BCUT2D eigenvalue weighted by atomic mass is 9.97. The van der Waals surface area contributed by atoms with Gasteiger partial charge in [0.25, 0.3) is 0 Å². The zero-order valence-corrected chi connectivity index (χ0v) is 17.7. The quantitative estimate of drug-likeness (QED) is 0.653. The number of fused-ring (bicyclic) bond motifs is 1. The number of carbonyl (C=O) groups excluding carboxylic acids is 1. The molecule has 0 bridgehead atoms. The van der Waals surface area contributed by atoms with Crippen LogP contribution in [0.25, 0.3) is 11.0 Å². The van der Waals surface area contributed by atoms with E-state index in [1.54, 1.807) is 14.2 Å². The van der Waals surface area contributed by atoms with Crippen LogP contribution in [0.1, 0.15) is 24.0 Å². The Labute approximate surface area is 176 Å². The van der Waals surface area contributed by atoms with Gasteiger partial charge in [0.1, 0.15) is 11.5 Å². The Bertz CT molecular complexity index is 1050. The molecule has 2 aromatic carbocycles. The van der Waals surface area contributed by atoms with E-state index in [1.165, 1.54) is 5.56 Å². The summed E-state index contributed by atoms with van der Waals surface area (Å²) in [7, 11) is 3.25. The Kier molecular flexibility index (Phi) is 5.79. The fourth-order valence-electron chi connectivity index (χ4n) is 3.99. The maximum atomic E-state index is 12.9. The molecule has 158 valence electrons. The van der Waals surface area contributed by atoms with Crippen LogP contribution in [0.15, 0.2) is 36.4 Å². The lowest BCUT2D eigenvalue weighted by Crippen LogP contribution is -2.43. The molecular formula is C23H28N4O3. The highest BCUT2D eigenvalue weighted by atomic mass is 16.5. The number of imidazole rings is 1. The summed E-state index contributed by atoms with van der Waals surface area (Å²) in [6, 6.07) is 11.8. The van der Waals surface area contributed by atoms with Crippen molar-refractivity contribution in [1.29, 1.82) is 0 Å². The predicted octanol–water partition coefficient (Wildman–Crippen LogP) is 3.42. The van der Waals surface area contributed by atoms with Gasteiger partial charge in [-0.05, 0) is 55.7 Å². The first kappa shape index (κ1) is 20.1. The molecule has 1 amide bonds. The average molecular weight is 409 g/mol. The summed E-state index contributed by atoms with van der Waals surface area (Å²) in [4.78, 5) is 23.2. The summed E-state index contributed by atoms with van der Waals surface area (Å²) in [5.74, 6) is 2.28. The van der Waals surface area contributed by atoms with Gasteiger partial charge >= 0.3 is 0 Å². The van der Waals surface area contributed by atoms with Gasteiger partial charge in [0, 0.05) is 25.2 Å². The number of rotatable bonds is 6. The number of carbonyl (C=O) groups is 1. The van der Waals surface area contributed by atoms with Gasteiger partial charge in [-0.2, -0.15) is 0 Å². The molecule has 1 atom stereocenters. The van der Waals surface area contributed by atoms with E-state index < -0.39 is 0 Å². The molecule has 0 saturated carbocycles. The Balaban J connectivity index is 1.42. The van der Waals surface area contributed by atoms with Gasteiger partial charge in [-0.1, -0.05) is 6.07 Å². The minimum atomic E-state index is -0.0784. The Morgan fingerprint density at radius 2 is 2.10 bits per heavy atom. The van der Waals surface area contributed by atoms with Crippen molar-refractivity contribution < 1.29 is 14.3 Å². The molecule has 4 rings (SSSR count). The van der Waals surface area contributed by atoms with Crippen LogP contribution in [0.2, 0.25) is 0 Å². The highest BCUT2D eigenvalue weighted by Crippen LogP contribution is 2.26. The lowest BCUT2D eigenvalue weighted by Gasteiger charge is -2.31. The number of aryl methyl sites for hydroxylation is 1. The standard InChI is InChI=1S/C23H28N4O3/c1-15-6-8-19-20(11-15)26-23(25-19)27-10-4-5-16(14-27)22(28)24-13-17-12-18(29-2)7-9-21(17)30-3/h6-9,11-12,16H,4-5,10,13-14H2,1-3H3,(H,24,28)(H,25,26). The predicted molar refractivity (Wildman–Crippen MR) is 117 cm³/mol. The molecule has 1 aliphatic heterocycles. The van der Waals surface area contributed by atoms with Crippen LogP contribution in [0.4, 0.5) is 5.95 Å². The smallest absolute Gasteiger partial charge is 0.225 e. The zero-order valence-electron chi connectivity index (χ0n) is 17.7. The molecule has 7 nitrogen and oxygen atoms in total. The summed E-state index contributed by atoms with van der Waals surface area (Å²) in [6.45, 7) is 4.02. The van der Waals surface area contributed by atoms with Gasteiger partial charge in [0.2, 0.25) is 11.9 Å². The maximum Gasteiger partial charge on any atom is 0.225 e. The number of nitrogens with one attached hydrogen (secondary N) is 2. The number of aromatic amines is 1. The highest BCUT2D eigenvalue weighted by molar-refractivity contribution is 5.80. The number of aromatic nitrogens is 2. The summed E-state index contributed by atoms with van der Waals surface area (Å²) in [5.41, 5.74) is 4.07. The summed E-state index contributed by atoms with van der Waals surface area (Å²) >= 11 is 0. The number of nitrogens with zero attached hydrogens (tertiary/aromatic N) is 2. The second-order valence-corrected chi connectivity index (χ2v) is 7.76. The first-order valence-electron chi connectivity index (χ1n) is 10.3. The second kappa shape index (κ2) is 8.65. The van der Waals surface area contributed by atoms with Gasteiger partial charge in [0.05, 0.1) is 31.2 Å². The van der Waals surface area contributed by atoms with Crippen LogP contribution in [-0.4, -0.2) is 43.2 Å². The molecular weight excluding hydrogens is 380 g/mol.